The summed E-state index contributed by atoms with van der Waals surface area (Å²) in [5, 5.41) is 15.2. The van der Waals surface area contributed by atoms with E-state index in [1.54, 1.807) is 10.7 Å². The molecule has 1 N–H and O–H groups in total. The zero-order valence-corrected chi connectivity index (χ0v) is 12.0. The third kappa shape index (κ3) is 3.19. The van der Waals surface area contributed by atoms with Crippen LogP contribution in [0.3, 0.4) is 0 Å². The van der Waals surface area contributed by atoms with Gasteiger partial charge in [0, 0.05) is 0 Å². The Hall–Kier alpha value is -1.82. The largest absolute Gasteiger partial charge is 0.307 e. The molecule has 0 amide bonds. The van der Waals surface area contributed by atoms with Crippen LogP contribution < -0.4 is 5.32 Å². The molecule has 0 aliphatic heterocycles. The second-order valence-corrected chi connectivity index (χ2v) is 4.89. The maximum absolute atomic E-state index is 13.3. The fraction of sp³-hybridized carbons (Fsp3) is 0.500. The van der Waals surface area contributed by atoms with E-state index in [1.165, 1.54) is 12.1 Å². The number of hydrogen-bond acceptors (Lipinski definition) is 4. The van der Waals surface area contributed by atoms with Crippen LogP contribution in [0.1, 0.15) is 50.7 Å². The zero-order chi connectivity index (χ0) is 14.5. The van der Waals surface area contributed by atoms with Crippen molar-refractivity contribution in [3.05, 3.63) is 41.5 Å². The lowest BCUT2D eigenvalue weighted by molar-refractivity contribution is 0.463. The van der Waals surface area contributed by atoms with Crippen molar-refractivity contribution in [1.29, 1.82) is 0 Å². The van der Waals surface area contributed by atoms with Crippen molar-refractivity contribution in [2.45, 2.75) is 39.3 Å². The Morgan fingerprint density at radius 1 is 1.35 bits per heavy atom. The van der Waals surface area contributed by atoms with Gasteiger partial charge >= 0.3 is 0 Å². The number of tetrazole rings is 1. The highest BCUT2D eigenvalue weighted by Gasteiger charge is 2.19. The van der Waals surface area contributed by atoms with Gasteiger partial charge in [0.05, 0.1) is 12.1 Å². The van der Waals surface area contributed by atoms with Crippen LogP contribution in [-0.4, -0.2) is 26.8 Å². The van der Waals surface area contributed by atoms with E-state index >= 15 is 0 Å². The lowest BCUT2D eigenvalue weighted by atomic mass is 10.1. The molecule has 0 aliphatic carbocycles. The molecule has 2 rings (SSSR count). The van der Waals surface area contributed by atoms with E-state index < -0.39 is 0 Å². The molecule has 0 aliphatic rings. The van der Waals surface area contributed by atoms with Crippen molar-refractivity contribution in [3.8, 4) is 0 Å². The highest BCUT2D eigenvalue weighted by atomic mass is 19.1. The van der Waals surface area contributed by atoms with Gasteiger partial charge in [-0.15, -0.1) is 5.10 Å². The highest BCUT2D eigenvalue weighted by molar-refractivity contribution is 5.20. The summed E-state index contributed by atoms with van der Waals surface area (Å²) >= 11 is 0. The predicted octanol–water partition coefficient (Wildman–Crippen LogP) is 2.48. The number of nitrogens with zero attached hydrogens (tertiary/aromatic N) is 4. The first kappa shape index (κ1) is 14.6. The molecule has 0 bridgehead atoms. The fourth-order valence-electron chi connectivity index (χ4n) is 2.12. The molecule has 108 valence electrons. The van der Waals surface area contributed by atoms with E-state index in [-0.39, 0.29) is 17.9 Å². The predicted molar refractivity (Wildman–Crippen MR) is 74.7 cm³/mol. The van der Waals surface area contributed by atoms with Crippen LogP contribution in [0.2, 0.25) is 0 Å². The molecule has 2 aromatic rings. The Bertz CT molecular complexity index is 554. The van der Waals surface area contributed by atoms with E-state index in [0.29, 0.717) is 0 Å². The summed E-state index contributed by atoms with van der Waals surface area (Å²) in [7, 11) is 0. The van der Waals surface area contributed by atoms with Crippen LogP contribution in [0.15, 0.2) is 24.3 Å². The standard InChI is InChI=1S/C14H20FN5/c1-4-8-16-10(2)14-17-18-19-20(14)11(3)12-6-5-7-13(15)9-12/h5-7,9-11,16H,4,8H2,1-3H3. The van der Waals surface area contributed by atoms with Crippen LogP contribution >= 0.6 is 0 Å². The molecule has 0 saturated carbocycles. The van der Waals surface area contributed by atoms with Gasteiger partial charge in [0.25, 0.3) is 0 Å². The minimum absolute atomic E-state index is 0.0564. The first-order valence-corrected chi connectivity index (χ1v) is 6.90. The average Bonchev–Trinajstić information content (AvgIpc) is 2.93. The number of rotatable bonds is 6. The summed E-state index contributed by atoms with van der Waals surface area (Å²) in [6.07, 6.45) is 1.05. The van der Waals surface area contributed by atoms with Crippen molar-refractivity contribution < 1.29 is 4.39 Å². The van der Waals surface area contributed by atoms with E-state index in [9.17, 15) is 4.39 Å². The number of benzene rings is 1. The average molecular weight is 277 g/mol. The lowest BCUT2D eigenvalue weighted by Gasteiger charge is -2.17. The molecule has 0 spiro atoms. The van der Waals surface area contributed by atoms with Crippen LogP contribution in [0.25, 0.3) is 0 Å². The van der Waals surface area contributed by atoms with Gasteiger partial charge in [-0.05, 0) is 54.9 Å². The maximum Gasteiger partial charge on any atom is 0.168 e. The molecule has 2 atom stereocenters. The van der Waals surface area contributed by atoms with Gasteiger partial charge in [-0.25, -0.2) is 9.07 Å². The summed E-state index contributed by atoms with van der Waals surface area (Å²) in [6, 6.07) is 6.47. The highest BCUT2D eigenvalue weighted by Crippen LogP contribution is 2.20. The monoisotopic (exact) mass is 277 g/mol. The molecule has 0 fully saturated rings. The summed E-state index contributed by atoms with van der Waals surface area (Å²) in [6.45, 7) is 7.00. The Morgan fingerprint density at radius 2 is 2.15 bits per heavy atom. The van der Waals surface area contributed by atoms with Crippen molar-refractivity contribution in [1.82, 2.24) is 25.5 Å². The smallest absolute Gasteiger partial charge is 0.168 e. The van der Waals surface area contributed by atoms with Gasteiger partial charge in [-0.2, -0.15) is 0 Å². The summed E-state index contributed by atoms with van der Waals surface area (Å²) < 4.78 is 15.1. The Labute approximate surface area is 118 Å². The lowest BCUT2D eigenvalue weighted by Crippen LogP contribution is -2.24. The van der Waals surface area contributed by atoms with Crippen LogP contribution in [-0.2, 0) is 0 Å². The third-order valence-corrected chi connectivity index (χ3v) is 3.30. The van der Waals surface area contributed by atoms with Gasteiger partial charge in [-0.1, -0.05) is 19.1 Å². The second-order valence-electron chi connectivity index (χ2n) is 4.89. The Morgan fingerprint density at radius 3 is 2.85 bits per heavy atom. The van der Waals surface area contributed by atoms with E-state index in [0.717, 1.165) is 24.4 Å². The van der Waals surface area contributed by atoms with Gasteiger partial charge < -0.3 is 5.32 Å². The molecular formula is C14H20FN5. The minimum atomic E-state index is -0.249. The summed E-state index contributed by atoms with van der Waals surface area (Å²) in [5.41, 5.74) is 0.848. The van der Waals surface area contributed by atoms with E-state index in [2.05, 4.69) is 27.8 Å². The van der Waals surface area contributed by atoms with Crippen LogP contribution in [0.4, 0.5) is 4.39 Å². The molecule has 1 aromatic heterocycles. The molecule has 0 radical (unpaired) electrons. The quantitative estimate of drug-likeness (QED) is 0.881. The maximum atomic E-state index is 13.3. The molecule has 0 saturated heterocycles. The number of halogens is 1. The topological polar surface area (TPSA) is 55.6 Å². The second kappa shape index (κ2) is 6.56. The fourth-order valence-corrected chi connectivity index (χ4v) is 2.12. The van der Waals surface area contributed by atoms with E-state index in [1.807, 2.05) is 19.9 Å². The number of nitrogens with one attached hydrogen (secondary N) is 1. The molecule has 2 unspecified atom stereocenters. The van der Waals surface area contributed by atoms with E-state index in [4.69, 9.17) is 0 Å². The van der Waals surface area contributed by atoms with Gasteiger partial charge in [0.1, 0.15) is 5.82 Å². The molecule has 5 nitrogen and oxygen atoms in total. The van der Waals surface area contributed by atoms with Crippen molar-refractivity contribution >= 4 is 0 Å². The summed E-state index contributed by atoms with van der Waals surface area (Å²) in [4.78, 5) is 0. The Balaban J connectivity index is 2.23. The van der Waals surface area contributed by atoms with Gasteiger partial charge in [0.2, 0.25) is 0 Å². The molecular weight excluding hydrogens is 257 g/mol. The third-order valence-electron chi connectivity index (χ3n) is 3.30. The first-order valence-electron chi connectivity index (χ1n) is 6.90. The van der Waals surface area contributed by atoms with Crippen molar-refractivity contribution in [2.75, 3.05) is 6.54 Å². The van der Waals surface area contributed by atoms with Gasteiger partial charge in [0.15, 0.2) is 5.82 Å². The molecule has 1 aromatic carbocycles. The molecule has 20 heavy (non-hydrogen) atoms. The van der Waals surface area contributed by atoms with Crippen LogP contribution in [0, 0.1) is 5.82 Å². The number of hydrogen-bond donors (Lipinski definition) is 1. The number of aromatic nitrogens is 4. The zero-order valence-electron chi connectivity index (χ0n) is 12.0. The Kier molecular flexibility index (Phi) is 4.79. The van der Waals surface area contributed by atoms with Crippen molar-refractivity contribution in [3.63, 3.8) is 0 Å². The summed E-state index contributed by atoms with van der Waals surface area (Å²) in [5.74, 6) is 0.511. The molecule has 1 heterocycles. The molecule has 6 heteroatoms. The normalized spacial score (nSPS) is 14.2. The SMILES string of the molecule is CCCNC(C)c1nnnn1C(C)c1cccc(F)c1. The van der Waals surface area contributed by atoms with Crippen molar-refractivity contribution in [2.24, 2.45) is 0 Å². The first-order chi connectivity index (χ1) is 9.63. The minimum Gasteiger partial charge on any atom is -0.307 e. The van der Waals surface area contributed by atoms with Crippen LogP contribution in [0.5, 0.6) is 0 Å². The van der Waals surface area contributed by atoms with Gasteiger partial charge in [-0.3, -0.25) is 0 Å².